The third-order valence-corrected chi connectivity index (χ3v) is 3.17. The molecule has 0 radical (unpaired) electrons. The fourth-order valence-corrected chi connectivity index (χ4v) is 2.09. The molecule has 4 nitrogen and oxygen atoms in total. The van der Waals surface area contributed by atoms with Gasteiger partial charge in [-0.05, 0) is 25.1 Å². The number of H-pyrrole nitrogens is 1. The van der Waals surface area contributed by atoms with E-state index in [-0.39, 0.29) is 16.4 Å². The second-order valence-corrected chi connectivity index (χ2v) is 4.69. The second-order valence-electron chi connectivity index (χ2n) is 4.29. The molecule has 108 valence electrons. The van der Waals surface area contributed by atoms with Crippen molar-refractivity contribution in [2.45, 2.75) is 6.92 Å². The predicted octanol–water partition coefficient (Wildman–Crippen LogP) is 3.96. The Morgan fingerprint density at radius 2 is 2.00 bits per heavy atom. The van der Waals surface area contributed by atoms with Crippen LogP contribution in [-0.2, 0) is 0 Å². The number of aromatic nitrogens is 3. The van der Waals surface area contributed by atoms with Crippen LogP contribution in [0.3, 0.4) is 0 Å². The van der Waals surface area contributed by atoms with Crippen molar-refractivity contribution in [3.05, 3.63) is 40.9 Å². The Labute approximate surface area is 123 Å². The largest absolute Gasteiger partial charge is 0.478 e. The molecular weight excluding hydrogens is 300 g/mol. The van der Waals surface area contributed by atoms with Gasteiger partial charge in [0.25, 0.3) is 0 Å². The maximum absolute atomic E-state index is 13.9. The first-order chi connectivity index (χ1) is 10.1. The topological polar surface area (TPSA) is 50.8 Å². The Morgan fingerprint density at radius 3 is 2.76 bits per heavy atom. The van der Waals surface area contributed by atoms with E-state index >= 15 is 0 Å². The molecule has 0 spiro atoms. The van der Waals surface area contributed by atoms with Gasteiger partial charge in [-0.3, -0.25) is 0 Å². The number of imidazole rings is 1. The molecule has 0 atom stereocenters. The van der Waals surface area contributed by atoms with Crippen molar-refractivity contribution in [3.8, 4) is 17.3 Å². The van der Waals surface area contributed by atoms with Gasteiger partial charge in [0, 0.05) is 6.07 Å². The van der Waals surface area contributed by atoms with Crippen LogP contribution in [0.25, 0.3) is 22.6 Å². The van der Waals surface area contributed by atoms with Crippen LogP contribution in [0.5, 0.6) is 5.88 Å². The van der Waals surface area contributed by atoms with Gasteiger partial charge in [0.15, 0.2) is 5.65 Å². The first-order valence-corrected chi connectivity index (χ1v) is 6.60. The van der Waals surface area contributed by atoms with E-state index in [0.29, 0.717) is 23.7 Å². The Hall–Kier alpha value is -2.21. The molecule has 0 amide bonds. The number of ether oxygens (including phenoxy) is 1. The summed E-state index contributed by atoms with van der Waals surface area (Å²) in [5.41, 5.74) is 0.960. The SMILES string of the molecule is CCOc1ccc2[nH]c(-c3cc(F)c(Cl)cc3F)nc2n1. The highest BCUT2D eigenvalue weighted by Gasteiger charge is 2.14. The monoisotopic (exact) mass is 309 g/mol. The molecule has 0 fully saturated rings. The molecule has 2 heterocycles. The minimum Gasteiger partial charge on any atom is -0.478 e. The summed E-state index contributed by atoms with van der Waals surface area (Å²) in [5, 5.41) is -0.274. The van der Waals surface area contributed by atoms with Crippen molar-refractivity contribution < 1.29 is 13.5 Å². The number of rotatable bonds is 3. The maximum atomic E-state index is 13.9. The van der Waals surface area contributed by atoms with Gasteiger partial charge in [0.2, 0.25) is 5.88 Å². The molecule has 7 heteroatoms. The lowest BCUT2D eigenvalue weighted by Gasteiger charge is -2.01. The Morgan fingerprint density at radius 1 is 1.19 bits per heavy atom. The van der Waals surface area contributed by atoms with Crippen molar-refractivity contribution >= 4 is 22.8 Å². The van der Waals surface area contributed by atoms with Gasteiger partial charge in [0.1, 0.15) is 17.5 Å². The van der Waals surface area contributed by atoms with Crippen LogP contribution in [-0.4, -0.2) is 21.6 Å². The van der Waals surface area contributed by atoms with Gasteiger partial charge in [-0.25, -0.2) is 13.8 Å². The lowest BCUT2D eigenvalue weighted by molar-refractivity contribution is 0.328. The van der Waals surface area contributed by atoms with Crippen LogP contribution in [0.4, 0.5) is 8.78 Å². The molecule has 0 saturated carbocycles. The Balaban J connectivity index is 2.11. The highest BCUT2D eigenvalue weighted by atomic mass is 35.5. The number of hydrogen-bond acceptors (Lipinski definition) is 3. The minimum atomic E-state index is -0.712. The smallest absolute Gasteiger partial charge is 0.215 e. The average molecular weight is 310 g/mol. The molecular formula is C14H10ClF2N3O. The van der Waals surface area contributed by atoms with Crippen LogP contribution in [0.1, 0.15) is 6.92 Å². The summed E-state index contributed by atoms with van der Waals surface area (Å²) in [7, 11) is 0. The van der Waals surface area contributed by atoms with Crippen molar-refractivity contribution in [2.24, 2.45) is 0 Å². The number of benzene rings is 1. The van der Waals surface area contributed by atoms with E-state index in [1.165, 1.54) is 0 Å². The summed E-state index contributed by atoms with van der Waals surface area (Å²) < 4.78 is 32.6. The molecule has 0 unspecified atom stereocenters. The van der Waals surface area contributed by atoms with E-state index in [4.69, 9.17) is 16.3 Å². The normalized spacial score (nSPS) is 11.0. The second kappa shape index (κ2) is 5.29. The van der Waals surface area contributed by atoms with Gasteiger partial charge in [-0.2, -0.15) is 4.98 Å². The Kier molecular flexibility index (Phi) is 3.47. The van der Waals surface area contributed by atoms with E-state index in [1.807, 2.05) is 6.92 Å². The molecule has 3 aromatic rings. The number of aromatic amines is 1. The van der Waals surface area contributed by atoms with Gasteiger partial charge in [-0.15, -0.1) is 0 Å². The molecule has 0 saturated heterocycles. The van der Waals surface area contributed by atoms with Crippen molar-refractivity contribution in [3.63, 3.8) is 0 Å². The van der Waals surface area contributed by atoms with E-state index in [2.05, 4.69) is 15.0 Å². The number of pyridine rings is 1. The van der Waals surface area contributed by atoms with Gasteiger partial charge in [0.05, 0.1) is 22.7 Å². The summed E-state index contributed by atoms with van der Waals surface area (Å²) in [6.07, 6.45) is 0. The zero-order valence-corrected chi connectivity index (χ0v) is 11.7. The zero-order chi connectivity index (χ0) is 15.0. The highest BCUT2D eigenvalue weighted by molar-refractivity contribution is 6.30. The summed E-state index contributed by atoms with van der Waals surface area (Å²) in [4.78, 5) is 11.2. The number of fused-ring (bicyclic) bond motifs is 1. The number of nitrogens with one attached hydrogen (secondary N) is 1. The summed E-state index contributed by atoms with van der Waals surface area (Å²) in [6.45, 7) is 2.32. The first-order valence-electron chi connectivity index (χ1n) is 6.23. The van der Waals surface area contributed by atoms with Crippen LogP contribution in [0, 0.1) is 11.6 Å². The van der Waals surface area contributed by atoms with Crippen LogP contribution in [0.15, 0.2) is 24.3 Å². The maximum Gasteiger partial charge on any atom is 0.215 e. The summed E-state index contributed by atoms with van der Waals surface area (Å²) in [5.74, 6) is -0.771. The molecule has 1 aromatic carbocycles. The summed E-state index contributed by atoms with van der Waals surface area (Å²) >= 11 is 5.53. The van der Waals surface area contributed by atoms with E-state index < -0.39 is 11.6 Å². The zero-order valence-electron chi connectivity index (χ0n) is 11.0. The fraction of sp³-hybridized carbons (Fsp3) is 0.143. The van der Waals surface area contributed by atoms with Gasteiger partial charge < -0.3 is 9.72 Å². The number of halogens is 3. The number of hydrogen-bond donors (Lipinski definition) is 1. The van der Waals surface area contributed by atoms with Crippen LogP contribution in [0.2, 0.25) is 5.02 Å². The van der Waals surface area contributed by atoms with E-state index in [0.717, 1.165) is 12.1 Å². The van der Waals surface area contributed by atoms with Crippen LogP contribution >= 0.6 is 11.6 Å². The third-order valence-electron chi connectivity index (χ3n) is 2.88. The van der Waals surface area contributed by atoms with Gasteiger partial charge >= 0.3 is 0 Å². The van der Waals surface area contributed by atoms with E-state index in [1.54, 1.807) is 12.1 Å². The minimum absolute atomic E-state index is 0.00661. The molecule has 0 aliphatic heterocycles. The lowest BCUT2D eigenvalue weighted by Crippen LogP contribution is -1.93. The van der Waals surface area contributed by atoms with Crippen molar-refractivity contribution in [2.75, 3.05) is 6.61 Å². The first kappa shape index (κ1) is 13.8. The molecule has 0 aliphatic carbocycles. The van der Waals surface area contributed by atoms with Crippen LogP contribution < -0.4 is 4.74 Å². The summed E-state index contributed by atoms with van der Waals surface area (Å²) in [6, 6.07) is 5.30. The molecule has 21 heavy (non-hydrogen) atoms. The fourth-order valence-electron chi connectivity index (χ4n) is 1.94. The highest BCUT2D eigenvalue weighted by Crippen LogP contribution is 2.27. The Bertz CT molecular complexity index is 819. The molecule has 2 aromatic heterocycles. The van der Waals surface area contributed by atoms with Crippen molar-refractivity contribution in [1.29, 1.82) is 0 Å². The molecule has 0 aliphatic rings. The lowest BCUT2D eigenvalue weighted by atomic mass is 10.2. The third kappa shape index (κ3) is 2.54. The predicted molar refractivity (Wildman–Crippen MR) is 75.4 cm³/mol. The standard InChI is InChI=1S/C14H10ClF2N3O/c1-2-21-12-4-3-11-14(19-12)20-13(18-11)7-5-10(17)8(15)6-9(7)16/h3-6H,2H2,1H3,(H,18,19,20). The molecule has 0 bridgehead atoms. The van der Waals surface area contributed by atoms with Gasteiger partial charge in [-0.1, -0.05) is 11.6 Å². The van der Waals surface area contributed by atoms with Crippen molar-refractivity contribution in [1.82, 2.24) is 15.0 Å². The number of nitrogens with zero attached hydrogens (tertiary/aromatic N) is 2. The van der Waals surface area contributed by atoms with E-state index in [9.17, 15) is 8.78 Å². The molecule has 1 N–H and O–H groups in total. The molecule has 3 rings (SSSR count). The quantitative estimate of drug-likeness (QED) is 0.745. The average Bonchev–Trinajstić information content (AvgIpc) is 2.86.